The molecule has 3 aromatic heterocycles. The average Bonchev–Trinajstić information content (AvgIpc) is 3.24. The molecule has 5 aromatic rings. The fraction of sp³-hybridized carbons (Fsp3) is 0.0870. The van der Waals surface area contributed by atoms with E-state index in [0.717, 1.165) is 10.9 Å². The highest BCUT2D eigenvalue weighted by Gasteiger charge is 2.14. The Labute approximate surface area is 192 Å². The van der Waals surface area contributed by atoms with E-state index in [9.17, 15) is 9.90 Å². The van der Waals surface area contributed by atoms with Crippen molar-refractivity contribution in [2.45, 2.75) is 6.61 Å². The standard InChI is InChI=1S/C23H16ClN5O4/c1-32-14-3-5-16-19(11-14)25-9-8-20(16)33-12-22-27-26-21-7-6-18(28-29(21)22)13-2-4-15(23(30)31)17(24)10-13/h2-11H,12H2,1H3,(H,30,31). The van der Waals surface area contributed by atoms with Crippen molar-refractivity contribution in [3.05, 3.63) is 77.2 Å². The maximum Gasteiger partial charge on any atom is 0.337 e. The Balaban J connectivity index is 1.45. The smallest absolute Gasteiger partial charge is 0.337 e. The Hall–Kier alpha value is -4.24. The van der Waals surface area contributed by atoms with Gasteiger partial charge in [0.15, 0.2) is 11.5 Å². The lowest BCUT2D eigenvalue weighted by Crippen LogP contribution is -2.05. The van der Waals surface area contributed by atoms with E-state index in [4.69, 9.17) is 21.1 Å². The van der Waals surface area contributed by atoms with E-state index < -0.39 is 5.97 Å². The van der Waals surface area contributed by atoms with Gasteiger partial charge in [0, 0.05) is 23.2 Å². The lowest BCUT2D eigenvalue weighted by molar-refractivity contribution is 0.0697. The number of rotatable bonds is 6. The molecule has 0 amide bonds. The summed E-state index contributed by atoms with van der Waals surface area (Å²) in [4.78, 5) is 15.6. The Morgan fingerprint density at radius 1 is 1.09 bits per heavy atom. The molecule has 0 saturated heterocycles. The van der Waals surface area contributed by atoms with E-state index in [-0.39, 0.29) is 17.2 Å². The molecule has 5 rings (SSSR count). The van der Waals surface area contributed by atoms with Crippen LogP contribution >= 0.6 is 11.6 Å². The summed E-state index contributed by atoms with van der Waals surface area (Å²) in [5.74, 6) is 0.768. The van der Waals surface area contributed by atoms with Crippen LogP contribution in [-0.4, -0.2) is 43.0 Å². The monoisotopic (exact) mass is 461 g/mol. The van der Waals surface area contributed by atoms with Gasteiger partial charge >= 0.3 is 5.97 Å². The van der Waals surface area contributed by atoms with Crippen LogP contribution in [-0.2, 0) is 6.61 Å². The molecule has 1 N–H and O–H groups in total. The van der Waals surface area contributed by atoms with Crippen LogP contribution in [0.5, 0.6) is 11.5 Å². The lowest BCUT2D eigenvalue weighted by atomic mass is 10.1. The molecule has 0 radical (unpaired) electrons. The Morgan fingerprint density at radius 2 is 1.97 bits per heavy atom. The molecule has 10 heteroatoms. The molecule has 0 bridgehead atoms. The third-order valence-electron chi connectivity index (χ3n) is 5.09. The van der Waals surface area contributed by atoms with Crippen LogP contribution in [0.2, 0.25) is 5.02 Å². The summed E-state index contributed by atoms with van der Waals surface area (Å²) in [5, 5.41) is 23.1. The molecule has 0 aliphatic heterocycles. The first-order chi connectivity index (χ1) is 16.0. The van der Waals surface area contributed by atoms with Gasteiger partial charge in [-0.3, -0.25) is 4.98 Å². The van der Waals surface area contributed by atoms with Gasteiger partial charge in [-0.1, -0.05) is 17.7 Å². The third kappa shape index (κ3) is 3.90. The number of halogens is 1. The minimum atomic E-state index is -1.09. The SMILES string of the molecule is COc1ccc2c(OCc3nnc4ccc(-c5ccc(C(=O)O)c(Cl)c5)nn34)ccnc2c1. The molecule has 0 unspecified atom stereocenters. The zero-order valence-corrected chi connectivity index (χ0v) is 18.0. The van der Waals surface area contributed by atoms with E-state index in [2.05, 4.69) is 20.3 Å². The predicted molar refractivity (Wildman–Crippen MR) is 121 cm³/mol. The van der Waals surface area contributed by atoms with Crippen molar-refractivity contribution >= 4 is 34.1 Å². The molecule has 0 saturated carbocycles. The van der Waals surface area contributed by atoms with Gasteiger partial charge in [0.25, 0.3) is 0 Å². The second-order valence-corrected chi connectivity index (χ2v) is 7.49. The number of carboxylic acid groups (broad SMARTS) is 1. The second kappa shape index (κ2) is 8.36. The number of nitrogens with zero attached hydrogens (tertiary/aromatic N) is 5. The molecule has 9 nitrogen and oxygen atoms in total. The first-order valence-electron chi connectivity index (χ1n) is 9.83. The summed E-state index contributed by atoms with van der Waals surface area (Å²) in [6, 6.07) is 15.6. The summed E-state index contributed by atoms with van der Waals surface area (Å²) in [6.45, 7) is 0.126. The Morgan fingerprint density at radius 3 is 2.76 bits per heavy atom. The number of hydrogen-bond donors (Lipinski definition) is 1. The number of aromatic carboxylic acids is 1. The number of hydrogen-bond acceptors (Lipinski definition) is 7. The molecule has 33 heavy (non-hydrogen) atoms. The van der Waals surface area contributed by atoms with Gasteiger partial charge < -0.3 is 14.6 Å². The van der Waals surface area contributed by atoms with Crippen molar-refractivity contribution in [1.29, 1.82) is 0 Å². The first kappa shape index (κ1) is 20.7. The second-order valence-electron chi connectivity index (χ2n) is 7.09. The summed E-state index contributed by atoms with van der Waals surface area (Å²) < 4.78 is 12.9. The van der Waals surface area contributed by atoms with Crippen molar-refractivity contribution in [3.63, 3.8) is 0 Å². The molecular weight excluding hydrogens is 446 g/mol. The number of benzene rings is 2. The van der Waals surface area contributed by atoms with Crippen LogP contribution in [0.4, 0.5) is 0 Å². The van der Waals surface area contributed by atoms with Crippen LogP contribution in [0.15, 0.2) is 60.8 Å². The molecule has 2 aromatic carbocycles. The summed E-state index contributed by atoms with van der Waals surface area (Å²) in [5.41, 5.74) is 2.59. The summed E-state index contributed by atoms with van der Waals surface area (Å²) in [6.07, 6.45) is 1.67. The van der Waals surface area contributed by atoms with E-state index in [0.29, 0.717) is 34.2 Å². The molecule has 0 atom stereocenters. The predicted octanol–water partition coefficient (Wildman–Crippen LogP) is 4.28. The van der Waals surface area contributed by atoms with Crippen LogP contribution in [0.1, 0.15) is 16.2 Å². The van der Waals surface area contributed by atoms with E-state index in [1.54, 1.807) is 48.2 Å². The van der Waals surface area contributed by atoms with Crippen LogP contribution < -0.4 is 9.47 Å². The quantitative estimate of drug-likeness (QED) is 0.399. The van der Waals surface area contributed by atoms with Gasteiger partial charge in [-0.15, -0.1) is 10.2 Å². The van der Waals surface area contributed by atoms with Gasteiger partial charge in [0.05, 0.1) is 28.9 Å². The minimum absolute atomic E-state index is 0.0297. The number of carbonyl (C=O) groups is 1. The van der Waals surface area contributed by atoms with Crippen molar-refractivity contribution in [2.75, 3.05) is 7.11 Å². The van der Waals surface area contributed by atoms with E-state index in [1.165, 1.54) is 6.07 Å². The minimum Gasteiger partial charge on any atom is -0.497 e. The molecule has 0 spiro atoms. The van der Waals surface area contributed by atoms with Crippen molar-refractivity contribution in [2.24, 2.45) is 0 Å². The first-order valence-corrected chi connectivity index (χ1v) is 10.2. The Bertz CT molecular complexity index is 1520. The van der Waals surface area contributed by atoms with Gasteiger partial charge in [-0.25, -0.2) is 4.79 Å². The average molecular weight is 462 g/mol. The highest BCUT2D eigenvalue weighted by atomic mass is 35.5. The molecule has 0 aliphatic carbocycles. The zero-order valence-electron chi connectivity index (χ0n) is 17.3. The van der Waals surface area contributed by atoms with Gasteiger partial charge in [-0.05, 0) is 42.5 Å². The van der Waals surface area contributed by atoms with Gasteiger partial charge in [0.1, 0.15) is 18.1 Å². The fourth-order valence-electron chi connectivity index (χ4n) is 3.42. The highest BCUT2D eigenvalue weighted by Crippen LogP contribution is 2.28. The largest absolute Gasteiger partial charge is 0.497 e. The normalized spacial score (nSPS) is 11.1. The molecule has 3 heterocycles. The van der Waals surface area contributed by atoms with Crippen LogP contribution in [0.25, 0.3) is 27.8 Å². The molecule has 0 fully saturated rings. The molecule has 164 valence electrons. The maximum atomic E-state index is 11.2. The number of methoxy groups -OCH3 is 1. The highest BCUT2D eigenvalue weighted by molar-refractivity contribution is 6.33. The molecular formula is C23H16ClN5O4. The van der Waals surface area contributed by atoms with Crippen molar-refractivity contribution in [1.82, 2.24) is 24.8 Å². The number of ether oxygens (including phenoxy) is 2. The van der Waals surface area contributed by atoms with Crippen LogP contribution in [0.3, 0.4) is 0 Å². The van der Waals surface area contributed by atoms with E-state index in [1.807, 2.05) is 18.2 Å². The number of carboxylic acids is 1. The molecule has 0 aliphatic rings. The Kier molecular flexibility index (Phi) is 5.23. The van der Waals surface area contributed by atoms with Gasteiger partial charge in [-0.2, -0.15) is 9.61 Å². The maximum absolute atomic E-state index is 11.2. The lowest BCUT2D eigenvalue weighted by Gasteiger charge is -2.09. The topological polar surface area (TPSA) is 112 Å². The van der Waals surface area contributed by atoms with Crippen molar-refractivity contribution < 1.29 is 19.4 Å². The number of fused-ring (bicyclic) bond motifs is 2. The third-order valence-corrected chi connectivity index (χ3v) is 5.40. The van der Waals surface area contributed by atoms with Gasteiger partial charge in [0.2, 0.25) is 0 Å². The zero-order chi connectivity index (χ0) is 22.9. The number of pyridine rings is 1. The van der Waals surface area contributed by atoms with Crippen LogP contribution in [0, 0.1) is 0 Å². The summed E-state index contributed by atoms with van der Waals surface area (Å²) in [7, 11) is 1.60. The fourth-order valence-corrected chi connectivity index (χ4v) is 3.68. The van der Waals surface area contributed by atoms with E-state index >= 15 is 0 Å². The van der Waals surface area contributed by atoms with Crippen molar-refractivity contribution in [3.8, 4) is 22.8 Å². The summed E-state index contributed by atoms with van der Waals surface area (Å²) >= 11 is 6.11. The number of aromatic nitrogens is 5.